The molecule has 2 unspecified atom stereocenters. The molecular formula is C15H27N3O3. The Bertz CT molecular complexity index is 397. The Hall–Kier alpha value is -1.30. The van der Waals surface area contributed by atoms with Crippen molar-refractivity contribution in [2.24, 2.45) is 0 Å². The fraction of sp³-hybridized carbons (Fsp3) is 0.867. The van der Waals surface area contributed by atoms with Crippen LogP contribution >= 0.6 is 0 Å². The van der Waals surface area contributed by atoms with Gasteiger partial charge in [-0.15, -0.1) is 0 Å². The number of hydrogen-bond donors (Lipinski definition) is 2. The fourth-order valence-corrected chi connectivity index (χ4v) is 2.66. The summed E-state index contributed by atoms with van der Waals surface area (Å²) in [6.45, 7) is 8.84. The molecule has 0 aromatic rings. The number of ether oxygens (including phenoxy) is 1. The van der Waals surface area contributed by atoms with Gasteiger partial charge in [-0.05, 0) is 40.0 Å². The highest BCUT2D eigenvalue weighted by molar-refractivity contribution is 5.73. The maximum Gasteiger partial charge on any atom is 0.407 e. The van der Waals surface area contributed by atoms with E-state index in [1.807, 2.05) is 25.7 Å². The molecule has 1 heterocycles. The minimum atomic E-state index is -0.457. The first-order valence-corrected chi connectivity index (χ1v) is 7.75. The molecule has 0 radical (unpaired) electrons. The summed E-state index contributed by atoms with van der Waals surface area (Å²) in [6, 6.07) is 0.952. The standard InChI is InChI=1S/C15H27N3O3/c1-10(19)18-7-5-11(6-8-18)16-12-9-13(12)17-14(20)21-15(2,3)4/h11-13,16H,5-9H2,1-4H3,(H,17,20). The number of rotatable bonds is 3. The lowest BCUT2D eigenvalue weighted by Crippen LogP contribution is -2.46. The SMILES string of the molecule is CC(=O)N1CCC(NC2CC2NC(=O)OC(C)(C)C)CC1. The van der Waals surface area contributed by atoms with Crippen molar-refractivity contribution in [1.29, 1.82) is 0 Å². The van der Waals surface area contributed by atoms with Crippen molar-refractivity contribution in [3.05, 3.63) is 0 Å². The van der Waals surface area contributed by atoms with Crippen LogP contribution in [0, 0.1) is 0 Å². The van der Waals surface area contributed by atoms with Gasteiger partial charge in [0.25, 0.3) is 0 Å². The largest absolute Gasteiger partial charge is 0.444 e. The smallest absolute Gasteiger partial charge is 0.407 e. The van der Waals surface area contributed by atoms with E-state index in [0.29, 0.717) is 12.1 Å². The predicted octanol–water partition coefficient (Wildman–Crippen LogP) is 1.25. The average Bonchev–Trinajstić information content (AvgIpc) is 3.05. The Morgan fingerprint density at radius 2 is 1.76 bits per heavy atom. The number of carbonyl (C=O) groups excluding carboxylic acids is 2. The lowest BCUT2D eigenvalue weighted by molar-refractivity contribution is -0.129. The second-order valence-electron chi connectivity index (χ2n) is 7.04. The molecular weight excluding hydrogens is 270 g/mol. The molecule has 0 aromatic carbocycles. The monoisotopic (exact) mass is 297 g/mol. The van der Waals surface area contributed by atoms with Crippen molar-refractivity contribution < 1.29 is 14.3 Å². The van der Waals surface area contributed by atoms with E-state index < -0.39 is 5.60 Å². The highest BCUT2D eigenvalue weighted by Crippen LogP contribution is 2.24. The van der Waals surface area contributed by atoms with Gasteiger partial charge >= 0.3 is 6.09 Å². The topological polar surface area (TPSA) is 70.7 Å². The zero-order valence-corrected chi connectivity index (χ0v) is 13.4. The molecule has 2 rings (SSSR count). The van der Waals surface area contributed by atoms with E-state index in [2.05, 4.69) is 10.6 Å². The van der Waals surface area contributed by atoms with Gasteiger partial charge in [-0.25, -0.2) is 4.79 Å². The van der Waals surface area contributed by atoms with Crippen LogP contribution in [0.2, 0.25) is 0 Å². The molecule has 1 saturated carbocycles. The molecule has 0 spiro atoms. The summed E-state index contributed by atoms with van der Waals surface area (Å²) in [5, 5.41) is 6.45. The van der Waals surface area contributed by atoms with Gasteiger partial charge in [0.15, 0.2) is 0 Å². The number of nitrogens with zero attached hydrogens (tertiary/aromatic N) is 1. The minimum Gasteiger partial charge on any atom is -0.444 e. The summed E-state index contributed by atoms with van der Waals surface area (Å²) < 4.78 is 5.25. The summed E-state index contributed by atoms with van der Waals surface area (Å²) in [5.74, 6) is 0.157. The Kier molecular flexibility index (Phi) is 4.76. The Morgan fingerprint density at radius 3 is 2.29 bits per heavy atom. The minimum absolute atomic E-state index is 0.157. The summed E-state index contributed by atoms with van der Waals surface area (Å²) in [6.07, 6.45) is 2.57. The number of hydrogen-bond acceptors (Lipinski definition) is 4. The molecule has 6 heteroatoms. The normalized spacial score (nSPS) is 26.4. The van der Waals surface area contributed by atoms with Gasteiger partial charge in [0.2, 0.25) is 5.91 Å². The van der Waals surface area contributed by atoms with Crippen molar-refractivity contribution >= 4 is 12.0 Å². The van der Waals surface area contributed by atoms with Crippen LogP contribution in [-0.4, -0.2) is 53.7 Å². The number of alkyl carbamates (subject to hydrolysis) is 1. The van der Waals surface area contributed by atoms with Gasteiger partial charge in [-0.2, -0.15) is 0 Å². The van der Waals surface area contributed by atoms with Crippen molar-refractivity contribution in [2.45, 2.75) is 70.7 Å². The molecule has 0 bridgehead atoms. The van der Waals surface area contributed by atoms with E-state index in [4.69, 9.17) is 4.74 Å². The third kappa shape index (κ3) is 5.19. The molecule has 2 fully saturated rings. The number of likely N-dealkylation sites (tertiary alicyclic amines) is 1. The van der Waals surface area contributed by atoms with Crippen LogP contribution in [0.1, 0.15) is 47.0 Å². The Labute approximate surface area is 126 Å². The van der Waals surface area contributed by atoms with E-state index >= 15 is 0 Å². The second kappa shape index (κ2) is 6.22. The first-order chi connectivity index (χ1) is 9.74. The molecule has 1 aliphatic carbocycles. The first-order valence-electron chi connectivity index (χ1n) is 7.75. The molecule has 21 heavy (non-hydrogen) atoms. The second-order valence-corrected chi connectivity index (χ2v) is 7.04. The van der Waals surface area contributed by atoms with Crippen LogP contribution in [0.25, 0.3) is 0 Å². The van der Waals surface area contributed by atoms with E-state index in [9.17, 15) is 9.59 Å². The van der Waals surface area contributed by atoms with Crippen LogP contribution in [-0.2, 0) is 9.53 Å². The van der Waals surface area contributed by atoms with E-state index in [0.717, 1.165) is 32.4 Å². The summed E-state index contributed by atoms with van der Waals surface area (Å²) in [4.78, 5) is 24.8. The van der Waals surface area contributed by atoms with E-state index in [-0.39, 0.29) is 18.0 Å². The van der Waals surface area contributed by atoms with Gasteiger partial charge in [0.1, 0.15) is 5.60 Å². The molecule has 2 aliphatic rings. The van der Waals surface area contributed by atoms with Gasteiger partial charge < -0.3 is 20.3 Å². The maximum absolute atomic E-state index is 11.7. The first kappa shape index (κ1) is 16.1. The highest BCUT2D eigenvalue weighted by Gasteiger charge is 2.40. The summed E-state index contributed by atoms with van der Waals surface area (Å²) >= 11 is 0. The molecule has 0 aromatic heterocycles. The lowest BCUT2D eigenvalue weighted by Gasteiger charge is -2.32. The van der Waals surface area contributed by atoms with Crippen LogP contribution in [0.3, 0.4) is 0 Å². The lowest BCUT2D eigenvalue weighted by atomic mass is 10.1. The van der Waals surface area contributed by atoms with Crippen LogP contribution in [0.4, 0.5) is 4.79 Å². The van der Waals surface area contributed by atoms with Crippen LogP contribution in [0.5, 0.6) is 0 Å². The third-order valence-electron chi connectivity index (χ3n) is 3.88. The Morgan fingerprint density at radius 1 is 1.14 bits per heavy atom. The van der Waals surface area contributed by atoms with Crippen LogP contribution in [0.15, 0.2) is 0 Å². The summed E-state index contributed by atoms with van der Waals surface area (Å²) in [5.41, 5.74) is -0.457. The molecule has 2 atom stereocenters. The van der Waals surface area contributed by atoms with Crippen molar-refractivity contribution in [3.63, 3.8) is 0 Å². The fourth-order valence-electron chi connectivity index (χ4n) is 2.66. The van der Waals surface area contributed by atoms with Gasteiger partial charge in [0, 0.05) is 38.1 Å². The van der Waals surface area contributed by atoms with Crippen molar-refractivity contribution in [3.8, 4) is 0 Å². The molecule has 2 amide bonds. The number of nitrogens with one attached hydrogen (secondary N) is 2. The number of amides is 2. The van der Waals surface area contributed by atoms with Crippen LogP contribution < -0.4 is 10.6 Å². The van der Waals surface area contributed by atoms with Gasteiger partial charge in [-0.1, -0.05) is 0 Å². The molecule has 120 valence electrons. The third-order valence-corrected chi connectivity index (χ3v) is 3.88. The molecule has 1 saturated heterocycles. The quantitative estimate of drug-likeness (QED) is 0.822. The number of piperidine rings is 1. The zero-order chi connectivity index (χ0) is 15.6. The highest BCUT2D eigenvalue weighted by atomic mass is 16.6. The van der Waals surface area contributed by atoms with Crippen molar-refractivity contribution in [2.75, 3.05) is 13.1 Å². The van der Waals surface area contributed by atoms with Gasteiger partial charge in [-0.3, -0.25) is 4.79 Å². The molecule has 6 nitrogen and oxygen atoms in total. The zero-order valence-electron chi connectivity index (χ0n) is 13.4. The maximum atomic E-state index is 11.7. The van der Waals surface area contributed by atoms with Crippen molar-refractivity contribution in [1.82, 2.24) is 15.5 Å². The number of carbonyl (C=O) groups is 2. The Balaban J connectivity index is 1.64. The van der Waals surface area contributed by atoms with Gasteiger partial charge in [0.05, 0.1) is 0 Å². The molecule has 2 N–H and O–H groups in total. The predicted molar refractivity (Wildman–Crippen MR) is 80.0 cm³/mol. The van der Waals surface area contributed by atoms with E-state index in [1.165, 1.54) is 0 Å². The molecule has 1 aliphatic heterocycles. The average molecular weight is 297 g/mol. The van der Waals surface area contributed by atoms with E-state index in [1.54, 1.807) is 6.92 Å². The summed E-state index contributed by atoms with van der Waals surface area (Å²) in [7, 11) is 0.